The Labute approximate surface area is 125 Å². The Hall–Kier alpha value is -2.04. The van der Waals surface area contributed by atoms with Gasteiger partial charge in [-0.1, -0.05) is 25.5 Å². The lowest BCUT2D eigenvalue weighted by atomic mass is 10.1. The van der Waals surface area contributed by atoms with E-state index in [2.05, 4.69) is 6.92 Å². The van der Waals surface area contributed by atoms with E-state index >= 15 is 0 Å². The van der Waals surface area contributed by atoms with Gasteiger partial charge in [0.15, 0.2) is 0 Å². The number of ether oxygens (including phenoxy) is 1. The molecule has 0 saturated carbocycles. The minimum Gasteiger partial charge on any atom is -0.460 e. The van der Waals surface area contributed by atoms with E-state index in [1.165, 1.54) is 5.56 Å². The molecule has 0 aliphatic carbocycles. The maximum absolute atomic E-state index is 12.0. The summed E-state index contributed by atoms with van der Waals surface area (Å²) in [6.45, 7) is 2.97. The second-order valence-corrected chi connectivity index (χ2v) is 5.37. The predicted molar refractivity (Wildman–Crippen MR) is 80.0 cm³/mol. The Morgan fingerprint density at radius 3 is 2.67 bits per heavy atom. The lowest BCUT2D eigenvalue weighted by Crippen LogP contribution is -2.41. The Balaban J connectivity index is 1.88. The quantitative estimate of drug-likeness (QED) is 0.846. The van der Waals surface area contributed by atoms with Crippen molar-refractivity contribution in [3.63, 3.8) is 0 Å². The maximum atomic E-state index is 12.0. The van der Waals surface area contributed by atoms with E-state index in [0.29, 0.717) is 12.1 Å². The molecular formula is C16H22N2O3. The zero-order valence-corrected chi connectivity index (χ0v) is 12.4. The highest BCUT2D eigenvalue weighted by molar-refractivity contribution is 5.89. The average molecular weight is 290 g/mol. The molecule has 1 aromatic carbocycles. The summed E-state index contributed by atoms with van der Waals surface area (Å²) in [5.41, 5.74) is 7.05. The number of likely N-dealkylation sites (tertiary alicyclic amines) is 1. The Kier molecular flexibility index (Phi) is 5.20. The highest BCUT2D eigenvalue weighted by Gasteiger charge is 2.28. The minimum atomic E-state index is -0.447. The first-order valence-electron chi connectivity index (χ1n) is 7.44. The van der Waals surface area contributed by atoms with Gasteiger partial charge >= 0.3 is 12.0 Å². The molecule has 1 fully saturated rings. The summed E-state index contributed by atoms with van der Waals surface area (Å²) in [5, 5.41) is 0. The summed E-state index contributed by atoms with van der Waals surface area (Å²) >= 11 is 0. The van der Waals surface area contributed by atoms with Crippen molar-refractivity contribution in [3.8, 4) is 0 Å². The van der Waals surface area contributed by atoms with Gasteiger partial charge in [-0.15, -0.1) is 0 Å². The van der Waals surface area contributed by atoms with Crippen LogP contribution in [0.4, 0.5) is 4.79 Å². The van der Waals surface area contributed by atoms with Crippen molar-refractivity contribution in [3.05, 3.63) is 35.4 Å². The van der Waals surface area contributed by atoms with E-state index < -0.39 is 6.03 Å². The number of aryl methyl sites for hydroxylation is 1. The van der Waals surface area contributed by atoms with Gasteiger partial charge in [-0.05, 0) is 37.0 Å². The van der Waals surface area contributed by atoms with Crippen molar-refractivity contribution < 1.29 is 14.3 Å². The first-order valence-corrected chi connectivity index (χ1v) is 7.44. The lowest BCUT2D eigenvalue weighted by Gasteiger charge is -2.22. The molecule has 1 saturated heterocycles. The summed E-state index contributed by atoms with van der Waals surface area (Å²) in [6.07, 6.45) is 3.81. The molecule has 5 heteroatoms. The van der Waals surface area contributed by atoms with Crippen LogP contribution in [0.25, 0.3) is 0 Å². The number of nitrogens with two attached hydrogens (primary N) is 1. The van der Waals surface area contributed by atoms with Gasteiger partial charge in [-0.3, -0.25) is 0 Å². The molecular weight excluding hydrogens is 268 g/mol. The zero-order valence-electron chi connectivity index (χ0n) is 12.4. The van der Waals surface area contributed by atoms with Crippen LogP contribution in [0.2, 0.25) is 0 Å². The van der Waals surface area contributed by atoms with Gasteiger partial charge in [0.2, 0.25) is 0 Å². The number of urea groups is 1. The summed E-state index contributed by atoms with van der Waals surface area (Å²) in [6, 6.07) is 6.93. The van der Waals surface area contributed by atoms with Crippen molar-refractivity contribution in [2.75, 3.05) is 13.2 Å². The zero-order chi connectivity index (χ0) is 15.2. The van der Waals surface area contributed by atoms with Gasteiger partial charge in [-0.2, -0.15) is 0 Å². The monoisotopic (exact) mass is 290 g/mol. The van der Waals surface area contributed by atoms with Crippen LogP contribution in [0.1, 0.15) is 42.1 Å². The summed E-state index contributed by atoms with van der Waals surface area (Å²) < 4.78 is 5.30. The molecule has 1 aliphatic rings. The SMILES string of the molecule is CCCc1ccc(C(=O)OCC2CCCN2C(N)=O)cc1. The number of amides is 2. The third kappa shape index (κ3) is 3.97. The number of benzene rings is 1. The normalized spacial score (nSPS) is 17.8. The second kappa shape index (κ2) is 7.11. The minimum absolute atomic E-state index is 0.0918. The number of hydrogen-bond donors (Lipinski definition) is 1. The maximum Gasteiger partial charge on any atom is 0.338 e. The molecule has 21 heavy (non-hydrogen) atoms. The molecule has 1 heterocycles. The van der Waals surface area contributed by atoms with Crippen LogP contribution < -0.4 is 5.73 Å². The first-order chi connectivity index (χ1) is 10.1. The predicted octanol–water partition coefficient (Wildman–Crippen LogP) is 2.34. The summed E-state index contributed by atoms with van der Waals surface area (Å²) in [5.74, 6) is -0.352. The van der Waals surface area contributed by atoms with Crippen molar-refractivity contribution in [2.24, 2.45) is 5.73 Å². The Bertz CT molecular complexity index is 499. The third-order valence-corrected chi connectivity index (χ3v) is 3.80. The molecule has 2 N–H and O–H groups in total. The molecule has 0 radical (unpaired) electrons. The fourth-order valence-electron chi connectivity index (χ4n) is 2.65. The van der Waals surface area contributed by atoms with Crippen LogP contribution in [0.5, 0.6) is 0 Å². The van der Waals surface area contributed by atoms with Gasteiger partial charge in [-0.25, -0.2) is 9.59 Å². The number of primary amides is 1. The van der Waals surface area contributed by atoms with Gasteiger partial charge < -0.3 is 15.4 Å². The van der Waals surface area contributed by atoms with Crippen LogP contribution in [-0.4, -0.2) is 36.1 Å². The molecule has 1 aliphatic heterocycles. The van der Waals surface area contributed by atoms with E-state index in [-0.39, 0.29) is 18.6 Å². The second-order valence-electron chi connectivity index (χ2n) is 5.37. The van der Waals surface area contributed by atoms with E-state index in [9.17, 15) is 9.59 Å². The van der Waals surface area contributed by atoms with Gasteiger partial charge in [0, 0.05) is 6.54 Å². The molecule has 2 amide bonds. The highest BCUT2D eigenvalue weighted by Crippen LogP contribution is 2.17. The van der Waals surface area contributed by atoms with Crippen LogP contribution in [0.15, 0.2) is 24.3 Å². The van der Waals surface area contributed by atoms with Crippen LogP contribution in [0, 0.1) is 0 Å². The molecule has 0 bridgehead atoms. The largest absolute Gasteiger partial charge is 0.460 e. The van der Waals surface area contributed by atoms with Crippen LogP contribution in [0.3, 0.4) is 0 Å². The molecule has 0 aromatic heterocycles. The summed E-state index contributed by atoms with van der Waals surface area (Å²) in [7, 11) is 0. The number of carbonyl (C=O) groups is 2. The average Bonchev–Trinajstić information content (AvgIpc) is 2.94. The van der Waals surface area contributed by atoms with E-state index in [0.717, 1.165) is 25.7 Å². The third-order valence-electron chi connectivity index (χ3n) is 3.80. The highest BCUT2D eigenvalue weighted by atomic mass is 16.5. The molecule has 1 unspecified atom stereocenters. The fraction of sp³-hybridized carbons (Fsp3) is 0.500. The molecule has 2 rings (SSSR count). The van der Waals surface area contributed by atoms with Crippen LogP contribution in [-0.2, 0) is 11.2 Å². The Morgan fingerprint density at radius 2 is 2.05 bits per heavy atom. The van der Waals surface area contributed by atoms with Crippen molar-refractivity contribution in [2.45, 2.75) is 38.6 Å². The number of rotatable bonds is 5. The van der Waals surface area contributed by atoms with Gasteiger partial charge in [0.25, 0.3) is 0 Å². The van der Waals surface area contributed by atoms with Crippen molar-refractivity contribution in [1.82, 2.24) is 4.90 Å². The number of carbonyl (C=O) groups excluding carboxylic acids is 2. The lowest BCUT2D eigenvalue weighted by molar-refractivity contribution is 0.0422. The van der Waals surface area contributed by atoms with Crippen molar-refractivity contribution >= 4 is 12.0 Å². The molecule has 114 valence electrons. The molecule has 1 aromatic rings. The topological polar surface area (TPSA) is 72.6 Å². The fourth-order valence-corrected chi connectivity index (χ4v) is 2.65. The molecule has 0 spiro atoms. The Morgan fingerprint density at radius 1 is 1.33 bits per heavy atom. The first kappa shape index (κ1) is 15.4. The van der Waals surface area contributed by atoms with E-state index in [1.54, 1.807) is 17.0 Å². The van der Waals surface area contributed by atoms with E-state index in [4.69, 9.17) is 10.5 Å². The smallest absolute Gasteiger partial charge is 0.338 e. The van der Waals surface area contributed by atoms with Crippen molar-refractivity contribution in [1.29, 1.82) is 0 Å². The van der Waals surface area contributed by atoms with Gasteiger partial charge in [0.05, 0.1) is 11.6 Å². The molecule has 5 nitrogen and oxygen atoms in total. The number of hydrogen-bond acceptors (Lipinski definition) is 3. The van der Waals surface area contributed by atoms with Crippen LogP contribution >= 0.6 is 0 Å². The molecule has 1 atom stereocenters. The number of esters is 1. The number of nitrogens with zero attached hydrogens (tertiary/aromatic N) is 1. The van der Waals surface area contributed by atoms with E-state index in [1.807, 2.05) is 12.1 Å². The van der Waals surface area contributed by atoms with Gasteiger partial charge in [0.1, 0.15) is 6.61 Å². The summed E-state index contributed by atoms with van der Waals surface area (Å²) in [4.78, 5) is 24.8. The standard InChI is InChI=1S/C16H22N2O3/c1-2-4-12-6-8-13(9-7-12)15(19)21-11-14-5-3-10-18(14)16(17)20/h6-9,14H,2-5,10-11H2,1H3,(H2,17,20).